The predicted molar refractivity (Wildman–Crippen MR) is 39.1 cm³/mol. The van der Waals surface area contributed by atoms with Crippen molar-refractivity contribution in [3.8, 4) is 0 Å². The van der Waals surface area contributed by atoms with E-state index in [1.807, 2.05) is 0 Å². The van der Waals surface area contributed by atoms with E-state index in [-0.39, 0.29) is 0 Å². The fraction of sp³-hybridized carbons (Fsp3) is 0.889. The van der Waals surface area contributed by atoms with E-state index in [0.29, 0.717) is 0 Å². The predicted octanol–water partition coefficient (Wildman–Crippen LogP) is 2.93. The van der Waals surface area contributed by atoms with Crippen molar-refractivity contribution in [2.24, 2.45) is 5.41 Å². The molecule has 9 heavy (non-hydrogen) atoms. The molecule has 0 aliphatic heterocycles. The van der Waals surface area contributed by atoms with Crippen molar-refractivity contribution in [1.82, 2.24) is 0 Å². The Morgan fingerprint density at radius 2 is 1.56 bits per heavy atom. The first kappa shape index (κ1) is 5.76. The maximum Gasteiger partial charge on any atom is -0.0266 e. The molecule has 0 heteroatoms. The number of hydrogen-bond donors (Lipinski definition) is 0. The molecule has 0 unspecified atom stereocenters. The first-order chi connectivity index (χ1) is 4.41. The van der Waals surface area contributed by atoms with Gasteiger partial charge in [-0.2, -0.15) is 0 Å². The summed E-state index contributed by atoms with van der Waals surface area (Å²) in [5, 5.41) is 0. The Morgan fingerprint density at radius 1 is 0.889 bits per heavy atom. The van der Waals surface area contributed by atoms with E-state index in [0.717, 1.165) is 5.41 Å². The summed E-state index contributed by atoms with van der Waals surface area (Å²) in [6, 6.07) is 0. The van der Waals surface area contributed by atoms with Gasteiger partial charge >= 0.3 is 0 Å². The Kier molecular flexibility index (Phi) is 1.28. The van der Waals surface area contributed by atoms with E-state index in [1.165, 1.54) is 44.9 Å². The topological polar surface area (TPSA) is 0 Å². The average molecular weight is 123 g/mol. The van der Waals surface area contributed by atoms with Crippen molar-refractivity contribution in [3.63, 3.8) is 0 Å². The van der Waals surface area contributed by atoms with Crippen molar-refractivity contribution in [1.29, 1.82) is 0 Å². The van der Waals surface area contributed by atoms with Gasteiger partial charge in [0.25, 0.3) is 0 Å². The summed E-state index contributed by atoms with van der Waals surface area (Å²) in [5.41, 5.74) is 0.764. The van der Waals surface area contributed by atoms with Crippen LogP contribution in [0.15, 0.2) is 0 Å². The summed E-state index contributed by atoms with van der Waals surface area (Å²) in [7, 11) is 0. The molecule has 0 aromatic carbocycles. The molecule has 1 radical (unpaired) electrons. The van der Waals surface area contributed by atoms with E-state index < -0.39 is 0 Å². The van der Waals surface area contributed by atoms with Gasteiger partial charge < -0.3 is 0 Å². The first-order valence-corrected chi connectivity index (χ1v) is 4.26. The second kappa shape index (κ2) is 2.00. The number of rotatable bonds is 0. The molecule has 2 aliphatic carbocycles. The molecular weight excluding hydrogens is 108 g/mol. The van der Waals surface area contributed by atoms with Crippen LogP contribution < -0.4 is 0 Å². The zero-order valence-corrected chi connectivity index (χ0v) is 6.03. The highest BCUT2D eigenvalue weighted by Gasteiger charge is 2.36. The third kappa shape index (κ3) is 0.889. The van der Waals surface area contributed by atoms with E-state index >= 15 is 0 Å². The summed E-state index contributed by atoms with van der Waals surface area (Å²) in [6.45, 7) is 0. The minimum atomic E-state index is 0.764. The zero-order valence-electron chi connectivity index (χ0n) is 6.03. The summed E-state index contributed by atoms with van der Waals surface area (Å²) >= 11 is 0. The molecule has 0 aromatic rings. The van der Waals surface area contributed by atoms with Crippen molar-refractivity contribution < 1.29 is 0 Å². The van der Waals surface area contributed by atoms with Crippen LogP contribution in [0, 0.1) is 11.8 Å². The fourth-order valence-electron chi connectivity index (χ4n) is 2.50. The smallest absolute Gasteiger partial charge is 0.0266 e. The quantitative estimate of drug-likeness (QED) is 0.464. The highest BCUT2D eigenvalue weighted by atomic mass is 14.4. The molecule has 1 spiro atoms. The van der Waals surface area contributed by atoms with Crippen LogP contribution in [0.4, 0.5) is 0 Å². The lowest BCUT2D eigenvalue weighted by Gasteiger charge is -2.20. The molecule has 0 amide bonds. The summed E-state index contributed by atoms with van der Waals surface area (Å²) in [5.74, 6) is 0. The Morgan fingerprint density at radius 3 is 2.11 bits per heavy atom. The van der Waals surface area contributed by atoms with Crippen LogP contribution in [-0.4, -0.2) is 0 Å². The van der Waals surface area contributed by atoms with Crippen molar-refractivity contribution in [2.75, 3.05) is 0 Å². The molecule has 2 aliphatic rings. The largest absolute Gasteiger partial charge is 0.0527 e. The molecule has 0 aromatic heterocycles. The summed E-state index contributed by atoms with van der Waals surface area (Å²) in [6.07, 6.45) is 13.0. The lowest BCUT2D eigenvalue weighted by atomic mass is 9.85. The molecule has 0 atom stereocenters. The highest BCUT2D eigenvalue weighted by molar-refractivity contribution is 5.00. The van der Waals surface area contributed by atoms with Crippen molar-refractivity contribution >= 4 is 0 Å². The normalized spacial score (nSPS) is 32.0. The third-order valence-corrected chi connectivity index (χ3v) is 3.06. The molecule has 2 saturated carbocycles. The molecular formula is C9H15. The standard InChI is InChI=1S/C9H15/c1-2-6-9(5-1)7-3-4-8-9/h5H,1-4,6-8H2. The van der Waals surface area contributed by atoms with Crippen molar-refractivity contribution in [3.05, 3.63) is 6.42 Å². The van der Waals surface area contributed by atoms with Gasteiger partial charge in [0, 0.05) is 0 Å². The van der Waals surface area contributed by atoms with Gasteiger partial charge in [-0.15, -0.1) is 0 Å². The fourth-order valence-corrected chi connectivity index (χ4v) is 2.50. The van der Waals surface area contributed by atoms with Crippen LogP contribution in [0.25, 0.3) is 0 Å². The van der Waals surface area contributed by atoms with Gasteiger partial charge in [0.2, 0.25) is 0 Å². The van der Waals surface area contributed by atoms with E-state index in [9.17, 15) is 0 Å². The van der Waals surface area contributed by atoms with Gasteiger partial charge in [0.1, 0.15) is 0 Å². The maximum absolute atomic E-state index is 2.60. The number of hydrogen-bond acceptors (Lipinski definition) is 0. The minimum absolute atomic E-state index is 0.764. The molecule has 0 saturated heterocycles. The Hall–Kier alpha value is 0. The molecule has 2 fully saturated rings. The third-order valence-electron chi connectivity index (χ3n) is 3.06. The van der Waals surface area contributed by atoms with E-state index in [4.69, 9.17) is 0 Å². The molecule has 0 heterocycles. The van der Waals surface area contributed by atoms with Gasteiger partial charge in [-0.05, 0) is 37.5 Å². The van der Waals surface area contributed by atoms with Gasteiger partial charge in [-0.25, -0.2) is 0 Å². The Bertz CT molecular complexity index is 75.1. The molecule has 0 N–H and O–H groups in total. The monoisotopic (exact) mass is 123 g/mol. The summed E-state index contributed by atoms with van der Waals surface area (Å²) < 4.78 is 0. The van der Waals surface area contributed by atoms with Gasteiger partial charge in [0.05, 0.1) is 0 Å². The molecule has 0 nitrogen and oxygen atoms in total. The lowest BCUT2D eigenvalue weighted by Crippen LogP contribution is -2.09. The van der Waals surface area contributed by atoms with Crippen LogP contribution in [0.5, 0.6) is 0 Å². The van der Waals surface area contributed by atoms with Crippen LogP contribution in [-0.2, 0) is 0 Å². The van der Waals surface area contributed by atoms with E-state index in [2.05, 4.69) is 6.42 Å². The second-order valence-electron chi connectivity index (χ2n) is 3.67. The SMILES string of the molecule is [CH]1CCCC12CCCC2. The van der Waals surface area contributed by atoms with Crippen LogP contribution in [0.3, 0.4) is 0 Å². The van der Waals surface area contributed by atoms with Crippen molar-refractivity contribution in [2.45, 2.75) is 44.9 Å². The van der Waals surface area contributed by atoms with Gasteiger partial charge in [-0.3, -0.25) is 0 Å². The zero-order chi connectivity index (χ0) is 6.16. The second-order valence-corrected chi connectivity index (χ2v) is 3.67. The Labute approximate surface area is 57.6 Å². The molecule has 51 valence electrons. The Balaban J connectivity index is 2.04. The molecule has 0 bridgehead atoms. The highest BCUT2D eigenvalue weighted by Crippen LogP contribution is 2.49. The molecule has 2 rings (SSSR count). The maximum atomic E-state index is 2.60. The van der Waals surface area contributed by atoms with Crippen LogP contribution in [0.2, 0.25) is 0 Å². The van der Waals surface area contributed by atoms with Crippen LogP contribution >= 0.6 is 0 Å². The van der Waals surface area contributed by atoms with Gasteiger partial charge in [0.15, 0.2) is 0 Å². The van der Waals surface area contributed by atoms with E-state index in [1.54, 1.807) is 0 Å². The van der Waals surface area contributed by atoms with Crippen LogP contribution in [0.1, 0.15) is 44.9 Å². The first-order valence-electron chi connectivity index (χ1n) is 4.26. The summed E-state index contributed by atoms with van der Waals surface area (Å²) in [4.78, 5) is 0. The minimum Gasteiger partial charge on any atom is -0.0527 e. The average Bonchev–Trinajstić information content (AvgIpc) is 2.45. The van der Waals surface area contributed by atoms with Gasteiger partial charge in [-0.1, -0.05) is 19.3 Å². The lowest BCUT2D eigenvalue weighted by molar-refractivity contribution is 0.375.